The Morgan fingerprint density at radius 2 is 0.833 bits per heavy atom. The molecule has 1 heterocycles. The zero-order valence-electron chi connectivity index (χ0n) is 19.5. The van der Waals surface area contributed by atoms with Crippen molar-refractivity contribution in [3.8, 4) is 0 Å². The van der Waals surface area contributed by atoms with E-state index in [0.29, 0.717) is 5.56 Å². The Morgan fingerprint density at radius 1 is 0.417 bits per heavy atom. The van der Waals surface area contributed by atoms with Crippen molar-refractivity contribution in [3.05, 3.63) is 133 Å². The first kappa shape index (κ1) is 20.5. The van der Waals surface area contributed by atoms with Crippen LogP contribution in [-0.4, -0.2) is 6.29 Å². The minimum absolute atomic E-state index is 0.665. The number of carbonyl (C=O) groups excluding carboxylic acids is 1. The van der Waals surface area contributed by atoms with Crippen molar-refractivity contribution < 1.29 is 4.79 Å². The highest BCUT2D eigenvalue weighted by Crippen LogP contribution is 2.58. The lowest BCUT2D eigenvalue weighted by atomic mass is 9.93. The van der Waals surface area contributed by atoms with Crippen LogP contribution in [0.4, 0.5) is 34.1 Å². The summed E-state index contributed by atoms with van der Waals surface area (Å²) in [7, 11) is 0. The molecule has 0 unspecified atom stereocenters. The van der Waals surface area contributed by atoms with Gasteiger partial charge in [-0.25, -0.2) is 0 Å². The van der Waals surface area contributed by atoms with Gasteiger partial charge in [-0.3, -0.25) is 4.79 Å². The van der Waals surface area contributed by atoms with Crippen LogP contribution in [0.3, 0.4) is 0 Å². The number of para-hydroxylation sites is 3. The molecule has 3 heteroatoms. The van der Waals surface area contributed by atoms with Crippen molar-refractivity contribution in [1.82, 2.24) is 0 Å². The van der Waals surface area contributed by atoms with Gasteiger partial charge in [0, 0.05) is 27.7 Å². The maximum atomic E-state index is 11.4. The molecule has 0 N–H and O–H groups in total. The third-order valence-corrected chi connectivity index (χ3v) is 6.99. The maximum absolute atomic E-state index is 11.4. The molecule has 36 heavy (non-hydrogen) atoms. The number of nitrogens with zero attached hydrogens (tertiary/aromatic N) is 2. The summed E-state index contributed by atoms with van der Waals surface area (Å²) in [6.07, 6.45) is 0.891. The Kier molecular flexibility index (Phi) is 4.61. The maximum Gasteiger partial charge on any atom is 0.150 e. The Hall–Kier alpha value is -4.89. The van der Waals surface area contributed by atoms with Gasteiger partial charge in [-0.05, 0) is 59.3 Å². The van der Waals surface area contributed by atoms with E-state index >= 15 is 0 Å². The van der Waals surface area contributed by atoms with Crippen LogP contribution in [0, 0.1) is 0 Å². The number of aldehydes is 1. The number of hydrogen-bond donors (Lipinski definition) is 0. The lowest BCUT2D eigenvalue weighted by Gasteiger charge is -2.42. The van der Waals surface area contributed by atoms with Crippen molar-refractivity contribution in [3.63, 3.8) is 0 Å². The molecule has 0 aliphatic carbocycles. The molecule has 6 aromatic rings. The predicted molar refractivity (Wildman–Crippen MR) is 150 cm³/mol. The van der Waals surface area contributed by atoms with E-state index in [1.165, 1.54) is 21.5 Å². The van der Waals surface area contributed by atoms with Gasteiger partial charge in [0.1, 0.15) is 6.29 Å². The van der Waals surface area contributed by atoms with Crippen molar-refractivity contribution >= 4 is 62.0 Å². The standard InChI is InChI=1S/C33H22N2O/c36-22-23-18-20-25(21-19-23)35-31-17-9-8-16-30(31)34(24-10-2-1-3-11-24)32-28-14-6-4-12-26(28)27-13-5-7-15-29(27)33(32)35/h1-22H. The number of carbonyl (C=O) groups is 1. The summed E-state index contributed by atoms with van der Waals surface area (Å²) in [5.74, 6) is 0. The molecule has 1 aliphatic heterocycles. The highest BCUT2D eigenvalue weighted by Gasteiger charge is 2.33. The molecular formula is C33H22N2O. The molecule has 0 saturated heterocycles. The third kappa shape index (κ3) is 2.96. The molecular weight excluding hydrogens is 440 g/mol. The molecule has 0 spiro atoms. The summed E-state index contributed by atoms with van der Waals surface area (Å²) in [6, 6.07) is 44.2. The fourth-order valence-corrected chi connectivity index (χ4v) is 5.46. The van der Waals surface area contributed by atoms with Gasteiger partial charge in [0.05, 0.1) is 22.7 Å². The summed E-state index contributed by atoms with van der Waals surface area (Å²) < 4.78 is 0. The van der Waals surface area contributed by atoms with Crippen LogP contribution in [0.1, 0.15) is 10.4 Å². The van der Waals surface area contributed by atoms with Crippen LogP contribution in [0.2, 0.25) is 0 Å². The molecule has 0 bridgehead atoms. The van der Waals surface area contributed by atoms with Gasteiger partial charge in [-0.15, -0.1) is 0 Å². The van der Waals surface area contributed by atoms with Crippen molar-refractivity contribution in [1.29, 1.82) is 0 Å². The Labute approximate surface area is 209 Å². The van der Waals surface area contributed by atoms with E-state index in [9.17, 15) is 4.79 Å². The normalized spacial score (nSPS) is 12.4. The minimum atomic E-state index is 0.665. The molecule has 170 valence electrons. The van der Waals surface area contributed by atoms with Gasteiger partial charge in [-0.2, -0.15) is 0 Å². The fraction of sp³-hybridized carbons (Fsp3) is 0. The zero-order chi connectivity index (χ0) is 24.1. The largest absolute Gasteiger partial charge is 0.306 e. The highest BCUT2D eigenvalue weighted by atomic mass is 16.1. The number of fused-ring (bicyclic) bond motifs is 7. The zero-order valence-corrected chi connectivity index (χ0v) is 19.5. The SMILES string of the molecule is O=Cc1ccc(N2c3ccccc3N(c3ccccc3)c3c2c2ccccc2c2ccccc32)cc1. The average molecular weight is 463 g/mol. The summed E-state index contributed by atoms with van der Waals surface area (Å²) in [6.45, 7) is 0. The number of hydrogen-bond acceptors (Lipinski definition) is 3. The van der Waals surface area contributed by atoms with E-state index in [-0.39, 0.29) is 0 Å². The topological polar surface area (TPSA) is 23.6 Å². The van der Waals surface area contributed by atoms with Gasteiger partial charge in [0.15, 0.2) is 0 Å². The van der Waals surface area contributed by atoms with Gasteiger partial charge < -0.3 is 9.80 Å². The first-order chi connectivity index (χ1) is 17.8. The molecule has 0 amide bonds. The molecule has 0 radical (unpaired) electrons. The number of anilines is 6. The quantitative estimate of drug-likeness (QED) is 0.193. The minimum Gasteiger partial charge on any atom is -0.306 e. The van der Waals surface area contributed by atoms with Crippen LogP contribution in [0.25, 0.3) is 21.5 Å². The van der Waals surface area contributed by atoms with E-state index in [4.69, 9.17) is 0 Å². The van der Waals surface area contributed by atoms with E-state index in [1.807, 2.05) is 24.3 Å². The van der Waals surface area contributed by atoms with Crippen LogP contribution in [-0.2, 0) is 0 Å². The van der Waals surface area contributed by atoms with Gasteiger partial charge >= 0.3 is 0 Å². The molecule has 1 aliphatic rings. The molecule has 0 aromatic heterocycles. The van der Waals surface area contributed by atoms with Gasteiger partial charge in [0.2, 0.25) is 0 Å². The lowest BCUT2D eigenvalue weighted by Crippen LogP contribution is -2.24. The summed E-state index contributed by atoms with van der Waals surface area (Å²) in [4.78, 5) is 16.1. The predicted octanol–water partition coefficient (Wildman–Crippen LogP) is 9.06. The summed E-state index contributed by atoms with van der Waals surface area (Å²) in [5.41, 5.74) is 7.27. The third-order valence-electron chi connectivity index (χ3n) is 6.99. The fourth-order valence-electron chi connectivity index (χ4n) is 5.46. The smallest absolute Gasteiger partial charge is 0.150 e. The molecule has 6 aromatic carbocycles. The second-order valence-electron chi connectivity index (χ2n) is 8.99. The summed E-state index contributed by atoms with van der Waals surface area (Å²) in [5, 5.41) is 4.82. The van der Waals surface area contributed by atoms with Crippen LogP contribution in [0.15, 0.2) is 127 Å². The number of rotatable bonds is 3. The van der Waals surface area contributed by atoms with Crippen molar-refractivity contribution in [2.24, 2.45) is 0 Å². The Bertz CT molecular complexity index is 1760. The monoisotopic (exact) mass is 462 g/mol. The molecule has 7 rings (SSSR count). The molecule has 0 fully saturated rings. The lowest BCUT2D eigenvalue weighted by molar-refractivity contribution is 0.112. The first-order valence-corrected chi connectivity index (χ1v) is 12.1. The molecule has 3 nitrogen and oxygen atoms in total. The first-order valence-electron chi connectivity index (χ1n) is 12.1. The highest BCUT2D eigenvalue weighted by molar-refractivity contribution is 6.25. The van der Waals surface area contributed by atoms with Crippen LogP contribution < -0.4 is 9.80 Å². The van der Waals surface area contributed by atoms with E-state index < -0.39 is 0 Å². The number of benzene rings is 6. The van der Waals surface area contributed by atoms with E-state index in [0.717, 1.165) is 40.4 Å². The summed E-state index contributed by atoms with van der Waals surface area (Å²) >= 11 is 0. The Morgan fingerprint density at radius 3 is 1.33 bits per heavy atom. The average Bonchev–Trinajstić information content (AvgIpc) is 2.96. The van der Waals surface area contributed by atoms with E-state index in [1.54, 1.807) is 0 Å². The second kappa shape index (κ2) is 8.10. The molecule has 0 saturated carbocycles. The second-order valence-corrected chi connectivity index (χ2v) is 8.99. The molecule has 0 atom stereocenters. The van der Waals surface area contributed by atoms with Crippen molar-refractivity contribution in [2.45, 2.75) is 0 Å². The Balaban J connectivity index is 1.68. The van der Waals surface area contributed by atoms with Crippen molar-refractivity contribution in [2.75, 3.05) is 9.80 Å². The van der Waals surface area contributed by atoms with E-state index in [2.05, 4.69) is 113 Å². The van der Waals surface area contributed by atoms with Gasteiger partial charge in [0.25, 0.3) is 0 Å². The van der Waals surface area contributed by atoms with Crippen LogP contribution >= 0.6 is 0 Å². The van der Waals surface area contributed by atoms with Gasteiger partial charge in [-0.1, -0.05) is 78.9 Å². The van der Waals surface area contributed by atoms with Crippen LogP contribution in [0.5, 0.6) is 0 Å².